The van der Waals surface area contributed by atoms with Crippen LogP contribution in [0.1, 0.15) is 16.1 Å². The summed E-state index contributed by atoms with van der Waals surface area (Å²) >= 11 is 6.77. The van der Waals surface area contributed by atoms with Crippen LogP contribution in [0.2, 0.25) is 4.34 Å². The van der Waals surface area contributed by atoms with Crippen molar-refractivity contribution in [2.24, 2.45) is 5.92 Å². The molecule has 0 saturated carbocycles. The lowest BCUT2D eigenvalue weighted by Crippen LogP contribution is -2.44. The first-order valence-corrected chi connectivity index (χ1v) is 8.45. The fourth-order valence-electron chi connectivity index (χ4n) is 1.72. The van der Waals surface area contributed by atoms with E-state index in [2.05, 4.69) is 10.9 Å². The minimum Gasteiger partial charge on any atom is -0.273 e. The van der Waals surface area contributed by atoms with Crippen LogP contribution in [0, 0.1) is 5.92 Å². The summed E-state index contributed by atoms with van der Waals surface area (Å²) in [6, 6.07) is 3.11. The topological polar surface area (TPSA) is 92.3 Å². The zero-order chi connectivity index (χ0) is 14.0. The summed E-state index contributed by atoms with van der Waals surface area (Å²) in [5, 5.41) is 0. The maximum atomic E-state index is 11.7. The molecule has 1 fully saturated rings. The van der Waals surface area contributed by atoms with E-state index in [1.54, 1.807) is 6.07 Å². The molecule has 1 atom stereocenters. The van der Waals surface area contributed by atoms with Gasteiger partial charge in [0.2, 0.25) is 5.91 Å². The molecule has 0 radical (unpaired) electrons. The predicted molar refractivity (Wildman–Crippen MR) is 71.7 cm³/mol. The molecule has 1 saturated heterocycles. The van der Waals surface area contributed by atoms with Gasteiger partial charge in [0.15, 0.2) is 9.84 Å². The molecule has 1 aliphatic heterocycles. The van der Waals surface area contributed by atoms with Crippen LogP contribution >= 0.6 is 22.9 Å². The van der Waals surface area contributed by atoms with E-state index in [1.165, 1.54) is 6.07 Å². The second-order valence-corrected chi connectivity index (χ2v) is 8.09. The van der Waals surface area contributed by atoms with Crippen molar-refractivity contribution < 1.29 is 18.0 Å². The lowest BCUT2D eigenvalue weighted by molar-refractivity contribution is -0.125. The number of carbonyl (C=O) groups excluding carboxylic acids is 2. The number of halogens is 1. The number of carbonyl (C=O) groups is 2. The van der Waals surface area contributed by atoms with Crippen molar-refractivity contribution >= 4 is 44.6 Å². The Balaban J connectivity index is 1.86. The Morgan fingerprint density at radius 1 is 1.32 bits per heavy atom. The number of hydrazine groups is 1. The minimum absolute atomic E-state index is 0.0135. The Hall–Kier alpha value is -1.12. The van der Waals surface area contributed by atoms with Crippen LogP contribution in [0.25, 0.3) is 0 Å². The number of amides is 2. The molecule has 0 aromatic carbocycles. The highest BCUT2D eigenvalue weighted by Gasteiger charge is 2.33. The van der Waals surface area contributed by atoms with Crippen LogP contribution in [0.15, 0.2) is 12.1 Å². The van der Waals surface area contributed by atoms with Gasteiger partial charge in [-0.1, -0.05) is 11.6 Å². The molecule has 2 amide bonds. The van der Waals surface area contributed by atoms with Gasteiger partial charge in [0, 0.05) is 0 Å². The van der Waals surface area contributed by atoms with Gasteiger partial charge in [0.1, 0.15) is 0 Å². The average molecular weight is 323 g/mol. The summed E-state index contributed by atoms with van der Waals surface area (Å²) in [5.41, 5.74) is 4.47. The Kier molecular flexibility index (Phi) is 4.12. The van der Waals surface area contributed by atoms with E-state index in [9.17, 15) is 18.0 Å². The molecule has 1 aromatic rings. The summed E-state index contributed by atoms with van der Waals surface area (Å²) in [5.74, 6) is -1.72. The van der Waals surface area contributed by atoms with Crippen molar-refractivity contribution in [3.63, 3.8) is 0 Å². The molecule has 19 heavy (non-hydrogen) atoms. The molecule has 2 rings (SSSR count). The van der Waals surface area contributed by atoms with E-state index < -0.39 is 27.6 Å². The fourth-order valence-corrected chi connectivity index (χ4v) is 4.40. The van der Waals surface area contributed by atoms with Gasteiger partial charge in [-0.2, -0.15) is 0 Å². The van der Waals surface area contributed by atoms with Crippen LogP contribution in [0.4, 0.5) is 0 Å². The van der Waals surface area contributed by atoms with Gasteiger partial charge in [-0.25, -0.2) is 8.42 Å². The number of nitrogens with one attached hydrogen (secondary N) is 2. The summed E-state index contributed by atoms with van der Waals surface area (Å²) in [6.45, 7) is 0. The molecule has 2 heterocycles. The highest BCUT2D eigenvalue weighted by Crippen LogP contribution is 2.21. The van der Waals surface area contributed by atoms with Crippen molar-refractivity contribution in [2.45, 2.75) is 6.42 Å². The molecule has 104 valence electrons. The van der Waals surface area contributed by atoms with E-state index in [0.717, 1.165) is 11.3 Å². The smallest absolute Gasteiger partial charge is 0.273 e. The van der Waals surface area contributed by atoms with Crippen molar-refractivity contribution in [1.29, 1.82) is 0 Å². The van der Waals surface area contributed by atoms with E-state index >= 15 is 0 Å². The van der Waals surface area contributed by atoms with E-state index in [4.69, 9.17) is 11.6 Å². The Morgan fingerprint density at radius 2 is 2.05 bits per heavy atom. The molecule has 0 aliphatic carbocycles. The lowest BCUT2D eigenvalue weighted by Gasteiger charge is -2.09. The molecular formula is C10H11ClN2O4S2. The normalized spacial score (nSPS) is 21.0. The number of rotatable bonds is 2. The average Bonchev–Trinajstić information content (AvgIpc) is 2.91. The number of thiophene rings is 1. The van der Waals surface area contributed by atoms with Crippen LogP contribution < -0.4 is 10.9 Å². The third-order valence-electron chi connectivity index (χ3n) is 2.70. The van der Waals surface area contributed by atoms with Crippen molar-refractivity contribution in [3.8, 4) is 0 Å². The van der Waals surface area contributed by atoms with Crippen molar-refractivity contribution in [3.05, 3.63) is 21.3 Å². The third-order valence-corrected chi connectivity index (χ3v) is 5.70. The zero-order valence-corrected chi connectivity index (χ0v) is 12.1. The largest absolute Gasteiger partial charge is 0.279 e. The molecule has 1 aromatic heterocycles. The molecular weight excluding hydrogens is 312 g/mol. The van der Waals surface area contributed by atoms with Crippen LogP contribution in [-0.4, -0.2) is 31.7 Å². The minimum atomic E-state index is -3.12. The van der Waals surface area contributed by atoms with E-state index in [1.807, 2.05) is 0 Å². The van der Waals surface area contributed by atoms with Crippen LogP contribution in [0.5, 0.6) is 0 Å². The molecule has 1 aliphatic rings. The molecule has 9 heteroatoms. The fraction of sp³-hybridized carbons (Fsp3) is 0.400. The second kappa shape index (κ2) is 5.48. The first kappa shape index (κ1) is 14.3. The van der Waals surface area contributed by atoms with Crippen LogP contribution in [0.3, 0.4) is 0 Å². The first-order chi connectivity index (χ1) is 8.87. The molecule has 0 spiro atoms. The summed E-state index contributed by atoms with van der Waals surface area (Å²) in [7, 11) is -3.12. The SMILES string of the molecule is O=C(NNC(=O)[C@@H]1CCS(=O)(=O)C1)c1ccc(Cl)s1. The van der Waals surface area contributed by atoms with E-state index in [-0.39, 0.29) is 17.9 Å². The highest BCUT2D eigenvalue weighted by molar-refractivity contribution is 7.91. The van der Waals surface area contributed by atoms with Gasteiger partial charge in [0.25, 0.3) is 5.91 Å². The van der Waals surface area contributed by atoms with Crippen molar-refractivity contribution in [2.75, 3.05) is 11.5 Å². The molecule has 6 nitrogen and oxygen atoms in total. The zero-order valence-electron chi connectivity index (χ0n) is 9.68. The highest BCUT2D eigenvalue weighted by atomic mass is 35.5. The molecule has 0 bridgehead atoms. The van der Waals surface area contributed by atoms with Gasteiger partial charge >= 0.3 is 0 Å². The van der Waals surface area contributed by atoms with Gasteiger partial charge < -0.3 is 0 Å². The Labute approximate surface area is 119 Å². The predicted octanol–water partition coefficient (Wildman–Crippen LogP) is 0.597. The summed E-state index contributed by atoms with van der Waals surface area (Å²) in [4.78, 5) is 23.6. The standard InChI is InChI=1S/C10H11ClN2O4S2/c11-8-2-1-7(18-8)10(15)13-12-9(14)6-3-4-19(16,17)5-6/h1-2,6H,3-5H2,(H,12,14)(H,13,15)/t6-/m1/s1. The summed E-state index contributed by atoms with van der Waals surface area (Å²) < 4.78 is 22.9. The van der Waals surface area contributed by atoms with Crippen molar-refractivity contribution in [1.82, 2.24) is 10.9 Å². The van der Waals surface area contributed by atoms with Gasteiger partial charge in [0.05, 0.1) is 26.6 Å². The van der Waals surface area contributed by atoms with Gasteiger partial charge in [-0.05, 0) is 18.6 Å². The monoisotopic (exact) mass is 322 g/mol. The van der Waals surface area contributed by atoms with Gasteiger partial charge in [-0.3, -0.25) is 20.4 Å². The Morgan fingerprint density at radius 3 is 2.58 bits per heavy atom. The maximum absolute atomic E-state index is 11.7. The van der Waals surface area contributed by atoms with Crippen LogP contribution in [-0.2, 0) is 14.6 Å². The lowest BCUT2D eigenvalue weighted by atomic mass is 10.1. The number of sulfone groups is 1. The summed E-state index contributed by atoms with van der Waals surface area (Å²) in [6.07, 6.45) is 0.287. The quantitative estimate of drug-likeness (QED) is 0.780. The first-order valence-electron chi connectivity index (χ1n) is 5.43. The third kappa shape index (κ3) is 3.68. The number of hydrogen-bond donors (Lipinski definition) is 2. The second-order valence-electron chi connectivity index (χ2n) is 4.15. The van der Waals surface area contributed by atoms with E-state index in [0.29, 0.717) is 9.21 Å². The Bertz CT molecular complexity index is 611. The van der Waals surface area contributed by atoms with Gasteiger partial charge in [-0.15, -0.1) is 11.3 Å². The molecule has 2 N–H and O–H groups in total. The number of hydrogen-bond acceptors (Lipinski definition) is 5. The maximum Gasteiger partial charge on any atom is 0.279 e. The molecule has 0 unspecified atom stereocenters.